The summed E-state index contributed by atoms with van der Waals surface area (Å²) in [6, 6.07) is 1.89. The molecule has 4 rings (SSSR count). The summed E-state index contributed by atoms with van der Waals surface area (Å²) in [6.07, 6.45) is 9.23. The highest BCUT2D eigenvalue weighted by Gasteiger charge is 2.27. The zero-order chi connectivity index (χ0) is 16.4. The number of anilines is 1. The quantitative estimate of drug-likeness (QED) is 0.841. The average molecular weight is 327 g/mol. The van der Waals surface area contributed by atoms with Crippen molar-refractivity contribution in [2.75, 3.05) is 31.1 Å². The van der Waals surface area contributed by atoms with E-state index in [1.807, 2.05) is 9.58 Å². The van der Waals surface area contributed by atoms with Crippen molar-refractivity contribution in [2.24, 2.45) is 0 Å². The van der Waals surface area contributed by atoms with Crippen molar-refractivity contribution in [1.82, 2.24) is 29.6 Å². The molecule has 2 aromatic rings. The number of aromatic nitrogens is 5. The Bertz CT molecular complexity index is 696. The van der Waals surface area contributed by atoms with Gasteiger partial charge in [-0.3, -0.25) is 4.79 Å². The van der Waals surface area contributed by atoms with Gasteiger partial charge in [0.2, 0.25) is 5.95 Å². The highest BCUT2D eigenvalue weighted by Crippen LogP contribution is 2.22. The molecule has 4 heterocycles. The Hall–Kier alpha value is -2.51. The van der Waals surface area contributed by atoms with Crippen molar-refractivity contribution in [3.63, 3.8) is 0 Å². The minimum absolute atomic E-state index is 0.0253. The van der Waals surface area contributed by atoms with Crippen molar-refractivity contribution >= 4 is 11.9 Å². The molecule has 8 heteroatoms. The molecule has 2 aromatic heterocycles. The summed E-state index contributed by atoms with van der Waals surface area (Å²) >= 11 is 0. The van der Waals surface area contributed by atoms with Crippen LogP contribution in [0, 0.1) is 0 Å². The van der Waals surface area contributed by atoms with Crippen LogP contribution in [-0.2, 0) is 0 Å². The van der Waals surface area contributed by atoms with Gasteiger partial charge in [-0.05, 0) is 31.7 Å². The second-order valence-corrected chi connectivity index (χ2v) is 6.36. The summed E-state index contributed by atoms with van der Waals surface area (Å²) < 4.78 is 1.84. The van der Waals surface area contributed by atoms with Gasteiger partial charge in [-0.25, -0.2) is 19.6 Å². The van der Waals surface area contributed by atoms with Crippen molar-refractivity contribution in [3.05, 3.63) is 30.6 Å². The lowest BCUT2D eigenvalue weighted by Gasteiger charge is -2.32. The van der Waals surface area contributed by atoms with E-state index in [0.29, 0.717) is 18.2 Å². The summed E-state index contributed by atoms with van der Waals surface area (Å²) in [6.45, 7) is 3.34. The van der Waals surface area contributed by atoms with Crippen molar-refractivity contribution < 1.29 is 4.79 Å². The lowest BCUT2D eigenvalue weighted by molar-refractivity contribution is 0.0666. The number of likely N-dealkylation sites (tertiary alicyclic amines) is 1. The fourth-order valence-corrected chi connectivity index (χ4v) is 3.46. The first-order valence-electron chi connectivity index (χ1n) is 8.52. The van der Waals surface area contributed by atoms with Gasteiger partial charge in [-0.2, -0.15) is 5.10 Å². The van der Waals surface area contributed by atoms with Crippen LogP contribution < -0.4 is 4.90 Å². The Morgan fingerprint density at radius 2 is 2.04 bits per heavy atom. The van der Waals surface area contributed by atoms with Crippen LogP contribution in [0.15, 0.2) is 24.9 Å². The molecular weight excluding hydrogens is 306 g/mol. The van der Waals surface area contributed by atoms with E-state index in [9.17, 15) is 4.79 Å². The van der Waals surface area contributed by atoms with Crippen molar-refractivity contribution in [2.45, 2.75) is 31.7 Å². The lowest BCUT2D eigenvalue weighted by Crippen LogP contribution is -2.41. The zero-order valence-electron chi connectivity index (χ0n) is 13.6. The van der Waals surface area contributed by atoms with Crippen LogP contribution in [-0.4, -0.2) is 61.7 Å². The monoisotopic (exact) mass is 327 g/mol. The molecule has 2 aliphatic heterocycles. The third kappa shape index (κ3) is 2.95. The van der Waals surface area contributed by atoms with E-state index >= 15 is 0 Å². The molecule has 2 saturated heterocycles. The van der Waals surface area contributed by atoms with Gasteiger partial charge in [-0.1, -0.05) is 0 Å². The lowest BCUT2D eigenvalue weighted by atomic mass is 10.1. The standard InChI is InChI=1S/C16H21N7O/c24-15(14-5-6-18-16(20-14)21-7-1-2-8-21)22-9-3-4-13(10-22)23-12-17-11-19-23/h5-6,11-13H,1-4,7-10H2/t13-/m0/s1. The van der Waals surface area contributed by atoms with E-state index in [-0.39, 0.29) is 11.9 Å². The second-order valence-electron chi connectivity index (χ2n) is 6.36. The highest BCUT2D eigenvalue weighted by molar-refractivity contribution is 5.92. The number of hydrogen-bond acceptors (Lipinski definition) is 6. The Balaban J connectivity index is 1.49. The molecule has 2 fully saturated rings. The number of amides is 1. The first kappa shape index (κ1) is 15.0. The third-order valence-electron chi connectivity index (χ3n) is 4.75. The summed E-state index contributed by atoms with van der Waals surface area (Å²) in [5, 5.41) is 4.21. The minimum atomic E-state index is -0.0253. The summed E-state index contributed by atoms with van der Waals surface area (Å²) in [5.41, 5.74) is 0.478. The summed E-state index contributed by atoms with van der Waals surface area (Å²) in [4.78, 5) is 29.7. The minimum Gasteiger partial charge on any atom is -0.341 e. The van der Waals surface area contributed by atoms with E-state index < -0.39 is 0 Å². The molecule has 1 amide bonds. The second kappa shape index (κ2) is 6.54. The average Bonchev–Trinajstić information content (AvgIpc) is 3.35. The topological polar surface area (TPSA) is 80.0 Å². The molecule has 0 aromatic carbocycles. The van der Waals surface area contributed by atoms with E-state index in [1.54, 1.807) is 18.6 Å². The Kier molecular flexibility index (Phi) is 4.10. The number of hydrogen-bond donors (Lipinski definition) is 0. The molecule has 24 heavy (non-hydrogen) atoms. The van der Waals surface area contributed by atoms with Gasteiger partial charge < -0.3 is 9.80 Å². The molecule has 0 aliphatic carbocycles. The van der Waals surface area contributed by atoms with Gasteiger partial charge in [0, 0.05) is 32.4 Å². The Morgan fingerprint density at radius 1 is 1.17 bits per heavy atom. The number of piperidine rings is 1. The van der Waals surface area contributed by atoms with Crippen molar-refractivity contribution in [3.8, 4) is 0 Å². The normalized spacial score (nSPS) is 21.2. The van der Waals surface area contributed by atoms with E-state index in [4.69, 9.17) is 0 Å². The first-order chi connectivity index (χ1) is 11.8. The zero-order valence-corrected chi connectivity index (χ0v) is 13.6. The first-order valence-corrected chi connectivity index (χ1v) is 8.52. The molecule has 8 nitrogen and oxygen atoms in total. The molecule has 0 unspecified atom stereocenters. The maximum absolute atomic E-state index is 12.9. The predicted molar refractivity (Wildman–Crippen MR) is 87.7 cm³/mol. The molecule has 126 valence electrons. The number of rotatable bonds is 3. The summed E-state index contributed by atoms with van der Waals surface area (Å²) in [7, 11) is 0. The molecule has 0 N–H and O–H groups in total. The molecular formula is C16H21N7O. The maximum Gasteiger partial charge on any atom is 0.272 e. The van der Waals surface area contributed by atoms with Crippen LogP contribution in [0.4, 0.5) is 5.95 Å². The largest absolute Gasteiger partial charge is 0.341 e. The number of nitrogens with zero attached hydrogens (tertiary/aromatic N) is 7. The van der Waals surface area contributed by atoms with E-state index in [2.05, 4.69) is 25.0 Å². The Labute approximate surface area is 140 Å². The molecule has 1 atom stereocenters. The highest BCUT2D eigenvalue weighted by atomic mass is 16.2. The third-order valence-corrected chi connectivity index (χ3v) is 4.75. The van der Waals surface area contributed by atoms with Gasteiger partial charge in [0.15, 0.2) is 0 Å². The Morgan fingerprint density at radius 3 is 2.83 bits per heavy atom. The predicted octanol–water partition coefficient (Wildman–Crippen LogP) is 1.15. The molecule has 2 aliphatic rings. The number of carbonyl (C=O) groups excluding carboxylic acids is 1. The fraction of sp³-hybridized carbons (Fsp3) is 0.562. The molecule has 0 spiro atoms. The van der Waals surface area contributed by atoms with E-state index in [1.165, 1.54) is 6.33 Å². The van der Waals surface area contributed by atoms with Crippen LogP contribution in [0.5, 0.6) is 0 Å². The SMILES string of the molecule is O=C(c1ccnc(N2CCCC2)n1)N1CCC[C@H](n2cncn2)C1. The fourth-order valence-electron chi connectivity index (χ4n) is 3.46. The molecule has 0 saturated carbocycles. The van der Waals surface area contributed by atoms with Crippen LogP contribution in [0.25, 0.3) is 0 Å². The maximum atomic E-state index is 12.9. The molecule has 0 radical (unpaired) electrons. The number of carbonyl (C=O) groups is 1. The smallest absolute Gasteiger partial charge is 0.272 e. The van der Waals surface area contributed by atoms with Crippen LogP contribution >= 0.6 is 0 Å². The van der Waals surface area contributed by atoms with Gasteiger partial charge in [-0.15, -0.1) is 0 Å². The summed E-state index contributed by atoms with van der Waals surface area (Å²) in [5.74, 6) is 0.644. The van der Waals surface area contributed by atoms with Crippen molar-refractivity contribution in [1.29, 1.82) is 0 Å². The van der Waals surface area contributed by atoms with Gasteiger partial charge in [0.1, 0.15) is 18.3 Å². The van der Waals surface area contributed by atoms with E-state index in [0.717, 1.165) is 45.3 Å². The van der Waals surface area contributed by atoms with Crippen LogP contribution in [0.1, 0.15) is 42.2 Å². The molecule has 0 bridgehead atoms. The van der Waals surface area contributed by atoms with Gasteiger partial charge in [0.05, 0.1) is 6.04 Å². The van der Waals surface area contributed by atoms with Gasteiger partial charge >= 0.3 is 0 Å². The van der Waals surface area contributed by atoms with Crippen LogP contribution in [0.2, 0.25) is 0 Å². The van der Waals surface area contributed by atoms with Gasteiger partial charge in [0.25, 0.3) is 5.91 Å². The van der Waals surface area contributed by atoms with Crippen LogP contribution in [0.3, 0.4) is 0 Å².